The minimum Gasteiger partial charge on any atom is -0.376 e. The van der Waals surface area contributed by atoms with Gasteiger partial charge in [0, 0.05) is 12.4 Å². The van der Waals surface area contributed by atoms with E-state index in [-0.39, 0.29) is 12.2 Å². The van der Waals surface area contributed by atoms with Crippen molar-refractivity contribution in [2.45, 2.75) is 18.5 Å². The molecule has 2 saturated heterocycles. The summed E-state index contributed by atoms with van der Waals surface area (Å²) in [6, 6.07) is 1.77. The van der Waals surface area contributed by atoms with Crippen molar-refractivity contribution in [3.63, 3.8) is 0 Å². The molecule has 0 bridgehead atoms. The third-order valence-corrected chi connectivity index (χ3v) is 2.37. The van der Waals surface area contributed by atoms with Crippen LogP contribution < -0.4 is 0 Å². The summed E-state index contributed by atoms with van der Waals surface area (Å²) in [6.45, 7) is 1.21. The van der Waals surface area contributed by atoms with Gasteiger partial charge < -0.3 is 14.2 Å². The molecule has 74 valence electrons. The number of rotatable bonds is 1. The van der Waals surface area contributed by atoms with Gasteiger partial charge in [0.1, 0.15) is 12.2 Å². The Morgan fingerprint density at radius 3 is 2.36 bits per heavy atom. The molecule has 0 amide bonds. The molecule has 0 N–H and O–H groups in total. The Hall–Kier alpha value is -1.04. The van der Waals surface area contributed by atoms with E-state index in [2.05, 4.69) is 9.97 Å². The molecule has 0 aromatic carbocycles. The quantitative estimate of drug-likeness (QED) is 0.643. The fourth-order valence-electron chi connectivity index (χ4n) is 1.67. The number of ether oxygens (including phenoxy) is 3. The highest BCUT2D eigenvalue weighted by molar-refractivity contribution is 4.94. The number of hydrogen-bond acceptors (Lipinski definition) is 5. The summed E-state index contributed by atoms with van der Waals surface area (Å²) in [4.78, 5) is 8.17. The van der Waals surface area contributed by atoms with Crippen molar-refractivity contribution in [1.29, 1.82) is 0 Å². The van der Waals surface area contributed by atoms with Crippen LogP contribution in [0.5, 0.6) is 0 Å². The lowest BCUT2D eigenvalue weighted by molar-refractivity contribution is -0.102. The van der Waals surface area contributed by atoms with E-state index in [4.69, 9.17) is 14.2 Å². The summed E-state index contributed by atoms with van der Waals surface area (Å²) >= 11 is 0. The molecular weight excluding hydrogens is 184 g/mol. The zero-order valence-electron chi connectivity index (χ0n) is 7.50. The van der Waals surface area contributed by atoms with Gasteiger partial charge in [0.15, 0.2) is 5.82 Å². The molecule has 2 aliphatic heterocycles. The first-order chi connectivity index (χ1) is 6.93. The van der Waals surface area contributed by atoms with E-state index in [0.29, 0.717) is 19.0 Å². The van der Waals surface area contributed by atoms with Crippen molar-refractivity contribution < 1.29 is 14.2 Å². The summed E-state index contributed by atoms with van der Waals surface area (Å²) in [6.07, 6.45) is 3.03. The molecule has 14 heavy (non-hydrogen) atoms. The van der Waals surface area contributed by atoms with Crippen LogP contribution in [0, 0.1) is 0 Å². The Morgan fingerprint density at radius 1 is 1.07 bits per heavy atom. The minimum atomic E-state index is -0.421. The number of fused-ring (bicyclic) bond motifs is 1. The lowest BCUT2D eigenvalue weighted by atomic mass is 10.3. The average Bonchev–Trinajstić information content (AvgIpc) is 2.78. The lowest BCUT2D eigenvalue weighted by Crippen LogP contribution is -2.18. The zero-order valence-corrected chi connectivity index (χ0v) is 7.50. The van der Waals surface area contributed by atoms with E-state index in [9.17, 15) is 0 Å². The highest BCUT2D eigenvalue weighted by Gasteiger charge is 2.42. The standard InChI is InChI=1S/C9H10N2O3/c1-2-10-8(11-3-1)9-13-6-4-12-5-7(6)14-9/h1-3,6-7,9H,4-5H2. The van der Waals surface area contributed by atoms with Crippen molar-refractivity contribution >= 4 is 0 Å². The molecule has 2 aliphatic rings. The number of nitrogens with zero attached hydrogens (tertiary/aromatic N) is 2. The first kappa shape index (κ1) is 8.28. The van der Waals surface area contributed by atoms with E-state index in [1.807, 2.05) is 0 Å². The summed E-state index contributed by atoms with van der Waals surface area (Å²) < 4.78 is 16.4. The second kappa shape index (κ2) is 3.27. The highest BCUT2D eigenvalue weighted by Crippen LogP contribution is 2.32. The second-order valence-corrected chi connectivity index (χ2v) is 3.33. The van der Waals surface area contributed by atoms with E-state index >= 15 is 0 Å². The van der Waals surface area contributed by atoms with Gasteiger partial charge in [-0.05, 0) is 6.07 Å². The van der Waals surface area contributed by atoms with Crippen molar-refractivity contribution in [1.82, 2.24) is 9.97 Å². The van der Waals surface area contributed by atoms with Gasteiger partial charge in [-0.3, -0.25) is 0 Å². The van der Waals surface area contributed by atoms with Crippen LogP contribution in [0.1, 0.15) is 12.1 Å². The van der Waals surface area contributed by atoms with Crippen LogP contribution in [0.2, 0.25) is 0 Å². The lowest BCUT2D eigenvalue weighted by Gasteiger charge is -2.09. The molecule has 5 nitrogen and oxygen atoms in total. The minimum absolute atomic E-state index is 0.0452. The Morgan fingerprint density at radius 2 is 1.71 bits per heavy atom. The Labute approximate surface area is 81.0 Å². The maximum absolute atomic E-state index is 5.60. The Kier molecular flexibility index (Phi) is 1.93. The molecular formula is C9H10N2O3. The first-order valence-corrected chi connectivity index (χ1v) is 4.59. The van der Waals surface area contributed by atoms with Crippen molar-refractivity contribution in [3.8, 4) is 0 Å². The third kappa shape index (κ3) is 1.30. The maximum atomic E-state index is 5.60. The SMILES string of the molecule is c1cnc(C2OC3COCC3O2)nc1. The molecule has 0 saturated carbocycles. The van der Waals surface area contributed by atoms with Crippen molar-refractivity contribution in [3.05, 3.63) is 24.3 Å². The van der Waals surface area contributed by atoms with Crippen LogP contribution in [0.4, 0.5) is 0 Å². The van der Waals surface area contributed by atoms with Crippen LogP contribution in [-0.2, 0) is 14.2 Å². The van der Waals surface area contributed by atoms with Crippen LogP contribution in [0.15, 0.2) is 18.5 Å². The van der Waals surface area contributed by atoms with Gasteiger partial charge >= 0.3 is 0 Å². The molecule has 0 radical (unpaired) electrons. The van der Waals surface area contributed by atoms with Gasteiger partial charge in [-0.15, -0.1) is 0 Å². The van der Waals surface area contributed by atoms with Crippen LogP contribution in [0.25, 0.3) is 0 Å². The summed E-state index contributed by atoms with van der Waals surface area (Å²) in [5.74, 6) is 0.585. The van der Waals surface area contributed by atoms with Crippen molar-refractivity contribution in [2.75, 3.05) is 13.2 Å². The molecule has 1 aromatic heterocycles. The van der Waals surface area contributed by atoms with Gasteiger partial charge in [0.05, 0.1) is 13.2 Å². The second-order valence-electron chi connectivity index (χ2n) is 3.33. The predicted octanol–water partition coefficient (Wildman–Crippen LogP) is 0.289. The van der Waals surface area contributed by atoms with Gasteiger partial charge in [0.2, 0.25) is 6.29 Å². The molecule has 5 heteroatoms. The fourth-order valence-corrected chi connectivity index (χ4v) is 1.67. The topological polar surface area (TPSA) is 53.5 Å². The molecule has 3 heterocycles. The summed E-state index contributed by atoms with van der Waals surface area (Å²) in [5, 5.41) is 0. The van der Waals surface area contributed by atoms with E-state index < -0.39 is 6.29 Å². The summed E-state index contributed by atoms with van der Waals surface area (Å²) in [7, 11) is 0. The highest BCUT2D eigenvalue weighted by atomic mass is 16.8. The van der Waals surface area contributed by atoms with E-state index in [0.717, 1.165) is 0 Å². The molecule has 2 unspecified atom stereocenters. The smallest absolute Gasteiger partial charge is 0.220 e. The van der Waals surface area contributed by atoms with Gasteiger partial charge in [-0.25, -0.2) is 9.97 Å². The first-order valence-electron chi connectivity index (χ1n) is 4.59. The average molecular weight is 194 g/mol. The fraction of sp³-hybridized carbons (Fsp3) is 0.556. The maximum Gasteiger partial charge on any atom is 0.220 e. The Balaban J connectivity index is 1.77. The predicted molar refractivity (Wildman–Crippen MR) is 45.3 cm³/mol. The Bertz CT molecular complexity index is 307. The van der Waals surface area contributed by atoms with Gasteiger partial charge in [-0.1, -0.05) is 0 Å². The molecule has 0 spiro atoms. The molecule has 2 fully saturated rings. The van der Waals surface area contributed by atoms with Crippen LogP contribution in [-0.4, -0.2) is 35.4 Å². The third-order valence-electron chi connectivity index (χ3n) is 2.37. The molecule has 3 rings (SSSR count). The van der Waals surface area contributed by atoms with Crippen LogP contribution >= 0.6 is 0 Å². The molecule has 2 atom stereocenters. The number of aromatic nitrogens is 2. The van der Waals surface area contributed by atoms with Crippen molar-refractivity contribution in [2.24, 2.45) is 0 Å². The van der Waals surface area contributed by atoms with Crippen LogP contribution in [0.3, 0.4) is 0 Å². The molecule has 1 aromatic rings. The van der Waals surface area contributed by atoms with E-state index in [1.54, 1.807) is 18.5 Å². The monoisotopic (exact) mass is 194 g/mol. The number of hydrogen-bond donors (Lipinski definition) is 0. The largest absolute Gasteiger partial charge is 0.376 e. The normalized spacial score (nSPS) is 35.9. The molecule has 0 aliphatic carbocycles. The van der Waals surface area contributed by atoms with Gasteiger partial charge in [0.25, 0.3) is 0 Å². The van der Waals surface area contributed by atoms with E-state index in [1.165, 1.54) is 0 Å². The van der Waals surface area contributed by atoms with Gasteiger partial charge in [-0.2, -0.15) is 0 Å². The zero-order chi connectivity index (χ0) is 9.38. The summed E-state index contributed by atoms with van der Waals surface area (Å²) in [5.41, 5.74) is 0.